The zero-order valence-electron chi connectivity index (χ0n) is 11.0. The van der Waals surface area contributed by atoms with E-state index < -0.39 is 0 Å². The Bertz CT molecular complexity index is 927. The van der Waals surface area contributed by atoms with E-state index in [9.17, 15) is 0 Å². The highest BCUT2D eigenvalue weighted by atomic mass is 16.6. The van der Waals surface area contributed by atoms with Gasteiger partial charge in [-0.2, -0.15) is 0 Å². The van der Waals surface area contributed by atoms with Crippen LogP contribution in [0.25, 0.3) is 22.2 Å². The first kappa shape index (κ1) is 11.3. The van der Waals surface area contributed by atoms with Crippen LogP contribution in [0.2, 0.25) is 0 Å². The molecule has 0 N–H and O–H groups in total. The minimum absolute atomic E-state index is 0.733. The van der Waals surface area contributed by atoms with Crippen molar-refractivity contribution in [1.82, 2.24) is 10.3 Å². The summed E-state index contributed by atoms with van der Waals surface area (Å²) in [5, 5.41) is 9.84. The lowest BCUT2D eigenvalue weighted by molar-refractivity contribution is 0.315. The van der Waals surface area contributed by atoms with Gasteiger partial charge in [0, 0.05) is 11.1 Å². The molecule has 5 nitrogen and oxygen atoms in total. The van der Waals surface area contributed by atoms with Gasteiger partial charge in [0.25, 0.3) is 0 Å². The minimum atomic E-state index is 0.733. The van der Waals surface area contributed by atoms with Gasteiger partial charge in [0.05, 0.1) is 23.8 Å². The van der Waals surface area contributed by atoms with Gasteiger partial charge in [-0.05, 0) is 28.9 Å². The third-order valence-electron chi connectivity index (χ3n) is 3.57. The van der Waals surface area contributed by atoms with Gasteiger partial charge in [-0.3, -0.25) is 9.98 Å². The summed E-state index contributed by atoms with van der Waals surface area (Å²) in [6, 6.07) is 10.00. The molecule has 0 spiro atoms. The molecule has 4 rings (SSSR count). The fourth-order valence-corrected chi connectivity index (χ4v) is 2.60. The topological polar surface area (TPSA) is 63.6 Å². The van der Waals surface area contributed by atoms with Crippen LogP contribution in [0, 0.1) is 6.92 Å². The third-order valence-corrected chi connectivity index (χ3v) is 3.57. The van der Waals surface area contributed by atoms with E-state index in [4.69, 9.17) is 4.63 Å². The molecule has 1 aliphatic heterocycles. The van der Waals surface area contributed by atoms with Crippen LogP contribution >= 0.6 is 0 Å². The second kappa shape index (κ2) is 4.23. The lowest BCUT2D eigenvalue weighted by Crippen LogP contribution is -2.34. The number of hydrogen-bond donors (Lipinski definition) is 0. The molecule has 3 aromatic rings. The average molecular weight is 264 g/mol. The van der Waals surface area contributed by atoms with Crippen molar-refractivity contribution >= 4 is 11.0 Å². The molecule has 1 aromatic heterocycles. The van der Waals surface area contributed by atoms with Crippen molar-refractivity contribution in [1.29, 1.82) is 0 Å². The second-order valence-electron chi connectivity index (χ2n) is 4.83. The average Bonchev–Trinajstić information content (AvgIpc) is 2.97. The summed E-state index contributed by atoms with van der Waals surface area (Å²) in [6.45, 7) is 3.55. The zero-order chi connectivity index (χ0) is 13.5. The van der Waals surface area contributed by atoms with E-state index in [2.05, 4.69) is 39.4 Å². The Kier molecular flexibility index (Phi) is 2.39. The van der Waals surface area contributed by atoms with E-state index in [1.54, 1.807) is 0 Å². The Morgan fingerprint density at radius 2 is 1.75 bits per heavy atom. The molecule has 0 saturated carbocycles. The Morgan fingerprint density at radius 3 is 2.65 bits per heavy atom. The van der Waals surface area contributed by atoms with Crippen LogP contribution in [-0.4, -0.2) is 23.4 Å². The molecule has 0 atom stereocenters. The molecule has 0 unspecified atom stereocenters. The van der Waals surface area contributed by atoms with E-state index in [1.807, 2.05) is 18.2 Å². The molecule has 2 heterocycles. The summed E-state index contributed by atoms with van der Waals surface area (Å²) >= 11 is 0. The lowest BCUT2D eigenvalue weighted by atomic mass is 10.0. The summed E-state index contributed by atoms with van der Waals surface area (Å²) in [5.41, 5.74) is 4.69. The van der Waals surface area contributed by atoms with Crippen LogP contribution in [-0.2, 0) is 0 Å². The van der Waals surface area contributed by atoms with E-state index >= 15 is 0 Å². The first-order valence-electron chi connectivity index (χ1n) is 6.55. The van der Waals surface area contributed by atoms with Crippen molar-refractivity contribution in [3.63, 3.8) is 0 Å². The van der Waals surface area contributed by atoms with Crippen molar-refractivity contribution in [2.24, 2.45) is 9.98 Å². The lowest BCUT2D eigenvalue weighted by Gasteiger charge is -2.08. The fourth-order valence-electron chi connectivity index (χ4n) is 2.60. The molecular formula is C15H12N4O. The second-order valence-corrected chi connectivity index (χ2v) is 4.83. The van der Waals surface area contributed by atoms with Crippen molar-refractivity contribution < 1.29 is 4.63 Å². The number of benzene rings is 2. The van der Waals surface area contributed by atoms with Gasteiger partial charge in [-0.25, -0.2) is 4.63 Å². The van der Waals surface area contributed by atoms with Gasteiger partial charge in [0.15, 0.2) is 0 Å². The van der Waals surface area contributed by atoms with Crippen molar-refractivity contribution in [3.8, 4) is 11.1 Å². The number of fused-ring (bicyclic) bond motifs is 2. The quantitative estimate of drug-likeness (QED) is 0.668. The Labute approximate surface area is 114 Å². The van der Waals surface area contributed by atoms with Crippen LogP contribution < -0.4 is 10.7 Å². The van der Waals surface area contributed by atoms with Crippen molar-refractivity contribution in [3.05, 3.63) is 46.6 Å². The predicted octanol–water partition coefficient (Wildman–Crippen LogP) is 1.45. The summed E-state index contributed by atoms with van der Waals surface area (Å²) < 4.78 is 4.84. The maximum Gasteiger partial charge on any atom is 0.143 e. The smallest absolute Gasteiger partial charge is 0.143 e. The molecule has 1 aliphatic rings. The van der Waals surface area contributed by atoms with Gasteiger partial charge < -0.3 is 0 Å². The van der Waals surface area contributed by atoms with E-state index in [0.717, 1.165) is 51.5 Å². The largest absolute Gasteiger partial charge is 0.281 e. The Hall–Kier alpha value is -2.56. The highest BCUT2D eigenvalue weighted by Gasteiger charge is 2.12. The molecule has 0 aliphatic carbocycles. The van der Waals surface area contributed by atoms with Crippen LogP contribution in [0.4, 0.5) is 0 Å². The van der Waals surface area contributed by atoms with E-state index in [0.29, 0.717) is 0 Å². The van der Waals surface area contributed by atoms with Gasteiger partial charge >= 0.3 is 0 Å². The molecule has 0 saturated heterocycles. The standard InChI is InChI=1S/C15H12N4O/c1-9-5-6-11(15-13(9)16-7-8-17-15)10-3-2-4-12-14(10)19-20-18-12/h2-6H,7-8H2,1H3. The van der Waals surface area contributed by atoms with Crippen molar-refractivity contribution in [2.75, 3.05) is 13.1 Å². The third kappa shape index (κ3) is 1.56. The summed E-state index contributed by atoms with van der Waals surface area (Å²) in [5.74, 6) is 0. The van der Waals surface area contributed by atoms with Gasteiger partial charge in [0.2, 0.25) is 0 Å². The first-order valence-corrected chi connectivity index (χ1v) is 6.55. The Morgan fingerprint density at radius 1 is 0.900 bits per heavy atom. The molecule has 0 radical (unpaired) electrons. The maximum atomic E-state index is 4.84. The van der Waals surface area contributed by atoms with Crippen LogP contribution in [0.5, 0.6) is 0 Å². The van der Waals surface area contributed by atoms with Crippen LogP contribution in [0.3, 0.4) is 0 Å². The fraction of sp³-hybridized carbons (Fsp3) is 0.200. The number of aromatic nitrogens is 2. The number of nitrogens with zero attached hydrogens (tertiary/aromatic N) is 4. The van der Waals surface area contributed by atoms with E-state index in [-0.39, 0.29) is 0 Å². The van der Waals surface area contributed by atoms with Crippen LogP contribution in [0.15, 0.2) is 44.9 Å². The SMILES string of the molecule is Cc1ccc(-c2cccc3nonc23)c2c1=NCCN=2. The molecule has 2 aromatic carbocycles. The predicted molar refractivity (Wildman–Crippen MR) is 74.0 cm³/mol. The van der Waals surface area contributed by atoms with Crippen LogP contribution in [0.1, 0.15) is 5.56 Å². The van der Waals surface area contributed by atoms with E-state index in [1.165, 1.54) is 0 Å². The van der Waals surface area contributed by atoms with Crippen molar-refractivity contribution in [2.45, 2.75) is 6.92 Å². The summed E-state index contributed by atoms with van der Waals surface area (Å²) in [4.78, 5) is 9.24. The Balaban J connectivity index is 2.13. The van der Waals surface area contributed by atoms with Gasteiger partial charge in [-0.15, -0.1) is 0 Å². The molecule has 0 bridgehead atoms. The molecule has 0 amide bonds. The molecule has 0 fully saturated rings. The number of hydrogen-bond acceptors (Lipinski definition) is 5. The highest BCUT2D eigenvalue weighted by molar-refractivity contribution is 5.90. The first-order chi connectivity index (χ1) is 9.84. The van der Waals surface area contributed by atoms with Gasteiger partial charge in [0.1, 0.15) is 11.0 Å². The summed E-state index contributed by atoms with van der Waals surface area (Å²) in [6.07, 6.45) is 0. The highest BCUT2D eigenvalue weighted by Crippen LogP contribution is 2.23. The zero-order valence-corrected chi connectivity index (χ0v) is 11.0. The normalized spacial score (nSPS) is 13.7. The number of aryl methyl sites for hydroxylation is 1. The monoisotopic (exact) mass is 264 g/mol. The number of rotatable bonds is 1. The molecule has 5 heteroatoms. The van der Waals surface area contributed by atoms with Gasteiger partial charge in [-0.1, -0.05) is 24.3 Å². The molecular weight excluding hydrogens is 252 g/mol. The molecule has 98 valence electrons. The summed E-state index contributed by atoms with van der Waals surface area (Å²) in [7, 11) is 0. The maximum absolute atomic E-state index is 4.84. The molecule has 20 heavy (non-hydrogen) atoms. The minimum Gasteiger partial charge on any atom is -0.281 e.